The summed E-state index contributed by atoms with van der Waals surface area (Å²) in [6, 6.07) is 0. The van der Waals surface area contributed by atoms with E-state index in [1.807, 2.05) is 11.1 Å². The van der Waals surface area contributed by atoms with Crippen molar-refractivity contribution in [3.63, 3.8) is 0 Å². The third kappa shape index (κ3) is 2.71. The fourth-order valence-electron chi connectivity index (χ4n) is 9.25. The van der Waals surface area contributed by atoms with Crippen molar-refractivity contribution in [2.75, 3.05) is 26.4 Å². The summed E-state index contributed by atoms with van der Waals surface area (Å²) in [5.41, 5.74) is 3.90. The average Bonchev–Trinajstić information content (AvgIpc) is 2.65. The van der Waals surface area contributed by atoms with Gasteiger partial charge in [-0.2, -0.15) is 0 Å². The van der Waals surface area contributed by atoms with Gasteiger partial charge in [-0.25, -0.2) is 0 Å². The molecule has 0 saturated heterocycles. The molecular formula is C24H36O4. The first-order chi connectivity index (χ1) is 13.6. The van der Waals surface area contributed by atoms with Crippen LogP contribution in [0, 0.1) is 35.5 Å². The molecule has 8 aliphatic rings. The van der Waals surface area contributed by atoms with Crippen LogP contribution in [-0.2, 0) is 9.47 Å². The summed E-state index contributed by atoms with van der Waals surface area (Å²) >= 11 is 0. The highest BCUT2D eigenvalue weighted by Gasteiger charge is 2.59. The van der Waals surface area contributed by atoms with Crippen LogP contribution in [0.3, 0.4) is 0 Å². The van der Waals surface area contributed by atoms with Crippen molar-refractivity contribution in [2.24, 2.45) is 35.5 Å². The van der Waals surface area contributed by atoms with Crippen molar-refractivity contribution >= 4 is 0 Å². The van der Waals surface area contributed by atoms with Gasteiger partial charge in [0.05, 0.1) is 37.6 Å². The van der Waals surface area contributed by atoms with Gasteiger partial charge in [0.2, 0.25) is 0 Å². The molecule has 0 aliphatic heterocycles. The standard InChI is InChI=1S/C24H36O4/c25-1-3-27-23-9-15-5-17(11-23)21(18(6-15)12-23)22-19-7-16-8-20(22)14-24(10-16,13-19)28-4-2-26/h15-20,25-26H,1-14H2. The lowest BCUT2D eigenvalue weighted by Crippen LogP contribution is -2.57. The van der Waals surface area contributed by atoms with Gasteiger partial charge in [-0.3, -0.25) is 0 Å². The van der Waals surface area contributed by atoms with Gasteiger partial charge in [-0.1, -0.05) is 11.1 Å². The van der Waals surface area contributed by atoms with Gasteiger partial charge < -0.3 is 19.7 Å². The van der Waals surface area contributed by atoms with E-state index < -0.39 is 0 Å². The first-order valence-corrected chi connectivity index (χ1v) is 11.9. The smallest absolute Gasteiger partial charge is 0.0705 e. The van der Waals surface area contributed by atoms with E-state index in [2.05, 4.69) is 0 Å². The van der Waals surface area contributed by atoms with Gasteiger partial charge in [-0.15, -0.1) is 0 Å². The molecule has 8 saturated carbocycles. The second-order valence-electron chi connectivity index (χ2n) is 11.1. The fraction of sp³-hybridized carbons (Fsp3) is 0.917. The first-order valence-electron chi connectivity index (χ1n) is 11.9. The highest BCUT2D eigenvalue weighted by atomic mass is 16.5. The second-order valence-corrected chi connectivity index (χ2v) is 11.1. The molecule has 8 aliphatic carbocycles. The molecule has 0 aromatic heterocycles. The van der Waals surface area contributed by atoms with Crippen LogP contribution in [0.15, 0.2) is 11.1 Å². The van der Waals surface area contributed by atoms with Crippen molar-refractivity contribution in [3.05, 3.63) is 11.1 Å². The molecule has 4 atom stereocenters. The van der Waals surface area contributed by atoms with Crippen LogP contribution in [-0.4, -0.2) is 47.8 Å². The van der Waals surface area contributed by atoms with Gasteiger partial charge >= 0.3 is 0 Å². The molecule has 2 N–H and O–H groups in total. The largest absolute Gasteiger partial charge is 0.394 e. The van der Waals surface area contributed by atoms with Crippen LogP contribution < -0.4 is 0 Å². The SMILES string of the molecule is OCCOC12CC3CC(C1)C(=C1C4CC5CC1CC(OCCO)(C5)C4)C(C3)C2. The Morgan fingerprint density at radius 3 is 1.29 bits per heavy atom. The normalized spacial score (nSPS) is 50.8. The quantitative estimate of drug-likeness (QED) is 0.684. The minimum atomic E-state index is 0.0701. The van der Waals surface area contributed by atoms with E-state index in [0.29, 0.717) is 13.2 Å². The molecular weight excluding hydrogens is 352 g/mol. The van der Waals surface area contributed by atoms with Crippen molar-refractivity contribution in [2.45, 2.75) is 75.4 Å². The predicted octanol–water partition coefficient (Wildman–Crippen LogP) is 3.46. The molecule has 8 rings (SSSR count). The Bertz CT molecular complexity index is 578. The van der Waals surface area contributed by atoms with Crippen LogP contribution >= 0.6 is 0 Å². The molecule has 0 aromatic rings. The third-order valence-electron chi connectivity index (χ3n) is 9.36. The van der Waals surface area contributed by atoms with Crippen molar-refractivity contribution < 1.29 is 19.7 Å². The topological polar surface area (TPSA) is 58.9 Å². The predicted molar refractivity (Wildman–Crippen MR) is 106 cm³/mol. The molecule has 0 heterocycles. The number of hydrogen-bond donors (Lipinski definition) is 2. The van der Waals surface area contributed by atoms with Gasteiger partial charge in [0.1, 0.15) is 0 Å². The Morgan fingerprint density at radius 2 is 0.964 bits per heavy atom. The monoisotopic (exact) mass is 388 g/mol. The number of allylic oxidation sites excluding steroid dienone is 2. The Morgan fingerprint density at radius 1 is 0.607 bits per heavy atom. The lowest BCUT2D eigenvalue weighted by atomic mass is 9.46. The van der Waals surface area contributed by atoms with Gasteiger partial charge in [-0.05, 0) is 99.7 Å². The third-order valence-corrected chi connectivity index (χ3v) is 9.36. The van der Waals surface area contributed by atoms with E-state index in [0.717, 1.165) is 35.5 Å². The molecule has 156 valence electrons. The zero-order valence-electron chi connectivity index (χ0n) is 17.1. The highest BCUT2D eigenvalue weighted by Crippen LogP contribution is 2.66. The summed E-state index contributed by atoms with van der Waals surface area (Å²) in [5.74, 6) is 4.66. The molecule has 28 heavy (non-hydrogen) atoms. The lowest BCUT2D eigenvalue weighted by Gasteiger charge is -2.62. The molecule has 0 aromatic carbocycles. The molecule has 4 unspecified atom stereocenters. The molecule has 4 nitrogen and oxygen atoms in total. The van der Waals surface area contributed by atoms with Gasteiger partial charge in [0, 0.05) is 0 Å². The lowest BCUT2D eigenvalue weighted by molar-refractivity contribution is -0.158. The molecule has 0 amide bonds. The number of rotatable bonds is 6. The minimum absolute atomic E-state index is 0.0701. The van der Waals surface area contributed by atoms with E-state index in [1.165, 1.54) is 64.2 Å². The molecule has 8 bridgehead atoms. The summed E-state index contributed by atoms with van der Waals surface area (Å²) < 4.78 is 12.6. The zero-order valence-corrected chi connectivity index (χ0v) is 17.1. The number of aliphatic hydroxyl groups is 2. The van der Waals surface area contributed by atoms with E-state index in [-0.39, 0.29) is 24.4 Å². The fourth-order valence-corrected chi connectivity index (χ4v) is 9.25. The van der Waals surface area contributed by atoms with E-state index >= 15 is 0 Å². The molecule has 4 heteroatoms. The van der Waals surface area contributed by atoms with E-state index in [4.69, 9.17) is 9.47 Å². The van der Waals surface area contributed by atoms with Crippen molar-refractivity contribution in [1.29, 1.82) is 0 Å². The second kappa shape index (κ2) is 6.54. The van der Waals surface area contributed by atoms with Crippen LogP contribution in [0.2, 0.25) is 0 Å². The zero-order chi connectivity index (χ0) is 18.9. The Kier molecular flexibility index (Phi) is 4.29. The van der Waals surface area contributed by atoms with E-state index in [9.17, 15) is 10.2 Å². The van der Waals surface area contributed by atoms with Crippen LogP contribution in [0.25, 0.3) is 0 Å². The maximum absolute atomic E-state index is 9.29. The Balaban J connectivity index is 1.30. The maximum Gasteiger partial charge on any atom is 0.0705 e. The van der Waals surface area contributed by atoms with E-state index in [1.54, 1.807) is 0 Å². The van der Waals surface area contributed by atoms with Crippen LogP contribution in [0.5, 0.6) is 0 Å². The summed E-state index contributed by atoms with van der Waals surface area (Å²) in [4.78, 5) is 0. The number of hydrogen-bond acceptors (Lipinski definition) is 4. The van der Waals surface area contributed by atoms with Crippen LogP contribution in [0.4, 0.5) is 0 Å². The number of ether oxygens (including phenoxy) is 2. The summed E-state index contributed by atoms with van der Waals surface area (Å²) in [6.45, 7) is 1.32. The first kappa shape index (κ1) is 18.4. The Hall–Kier alpha value is -0.420. The van der Waals surface area contributed by atoms with Crippen molar-refractivity contribution in [1.82, 2.24) is 0 Å². The maximum atomic E-state index is 9.29. The van der Waals surface area contributed by atoms with Crippen molar-refractivity contribution in [3.8, 4) is 0 Å². The minimum Gasteiger partial charge on any atom is -0.394 e. The summed E-state index contributed by atoms with van der Waals surface area (Å²) in [7, 11) is 0. The average molecular weight is 389 g/mol. The number of aliphatic hydroxyl groups excluding tert-OH is 2. The highest BCUT2D eigenvalue weighted by molar-refractivity contribution is 5.36. The van der Waals surface area contributed by atoms with Crippen LogP contribution in [0.1, 0.15) is 64.2 Å². The Labute approximate surface area is 168 Å². The van der Waals surface area contributed by atoms with Gasteiger partial charge in [0.15, 0.2) is 0 Å². The van der Waals surface area contributed by atoms with Gasteiger partial charge in [0.25, 0.3) is 0 Å². The summed E-state index contributed by atoms with van der Waals surface area (Å²) in [5, 5.41) is 18.6. The molecule has 0 spiro atoms. The summed E-state index contributed by atoms with van der Waals surface area (Å²) in [6.07, 6.45) is 12.8. The molecule has 8 fully saturated rings. The molecule has 0 radical (unpaired) electrons.